The third kappa shape index (κ3) is 4.87. The van der Waals surface area contributed by atoms with Gasteiger partial charge in [-0.1, -0.05) is 12.1 Å². The Bertz CT molecular complexity index is 756. The fourth-order valence-electron chi connectivity index (χ4n) is 3.24. The predicted octanol–water partition coefficient (Wildman–Crippen LogP) is 1.73. The average molecular weight is 368 g/mol. The molecule has 1 aliphatic heterocycles. The van der Waals surface area contributed by atoms with Gasteiger partial charge in [0.1, 0.15) is 5.75 Å². The van der Waals surface area contributed by atoms with E-state index >= 15 is 0 Å². The molecule has 1 saturated heterocycles. The molecule has 0 radical (unpaired) electrons. The number of aromatic nitrogens is 2. The number of piperazine rings is 1. The summed E-state index contributed by atoms with van der Waals surface area (Å²) in [5, 5.41) is 3.48. The number of nitrogens with zero attached hydrogens (tertiary/aromatic N) is 5. The summed E-state index contributed by atoms with van der Waals surface area (Å²) >= 11 is 0. The molecule has 2 aromatic rings. The summed E-state index contributed by atoms with van der Waals surface area (Å²) < 4.78 is 5.41. The van der Waals surface area contributed by atoms with Crippen LogP contribution in [0.5, 0.6) is 5.75 Å². The second-order valence-electron chi connectivity index (χ2n) is 6.55. The van der Waals surface area contributed by atoms with Crippen LogP contribution in [0, 0.1) is 6.92 Å². The monoisotopic (exact) mass is 368 g/mol. The van der Waals surface area contributed by atoms with E-state index < -0.39 is 0 Å². The predicted molar refractivity (Wildman–Crippen MR) is 109 cm³/mol. The van der Waals surface area contributed by atoms with E-state index in [9.17, 15) is 0 Å². The third-order valence-electron chi connectivity index (χ3n) is 4.80. The van der Waals surface area contributed by atoms with Crippen molar-refractivity contribution in [2.45, 2.75) is 13.3 Å². The number of anilines is 1. The molecule has 0 spiro atoms. The minimum absolute atomic E-state index is 0.799. The topological polar surface area (TPSA) is 65.9 Å². The van der Waals surface area contributed by atoms with E-state index in [4.69, 9.17) is 4.74 Å². The molecule has 144 valence electrons. The lowest BCUT2D eigenvalue weighted by molar-refractivity contribution is 0.370. The van der Waals surface area contributed by atoms with Gasteiger partial charge in [0.05, 0.1) is 7.11 Å². The highest BCUT2D eigenvalue weighted by Crippen LogP contribution is 2.19. The van der Waals surface area contributed by atoms with E-state index in [0.717, 1.165) is 62.4 Å². The van der Waals surface area contributed by atoms with E-state index in [-0.39, 0.29) is 0 Å². The molecular weight excluding hydrogens is 340 g/mol. The zero-order valence-corrected chi connectivity index (χ0v) is 16.4. The number of hydrogen-bond donors (Lipinski definition) is 1. The highest BCUT2D eigenvalue weighted by atomic mass is 16.5. The molecule has 1 aromatic carbocycles. The van der Waals surface area contributed by atoms with Crippen molar-refractivity contribution < 1.29 is 4.74 Å². The second-order valence-corrected chi connectivity index (χ2v) is 6.55. The van der Waals surface area contributed by atoms with Gasteiger partial charge in [-0.3, -0.25) is 4.99 Å². The number of guanidine groups is 1. The highest BCUT2D eigenvalue weighted by Gasteiger charge is 2.20. The van der Waals surface area contributed by atoms with Crippen LogP contribution in [-0.2, 0) is 6.42 Å². The van der Waals surface area contributed by atoms with Gasteiger partial charge in [0.25, 0.3) is 0 Å². The number of methoxy groups -OCH3 is 1. The van der Waals surface area contributed by atoms with Crippen LogP contribution in [0.4, 0.5) is 5.95 Å². The summed E-state index contributed by atoms with van der Waals surface area (Å²) in [7, 11) is 3.55. The van der Waals surface area contributed by atoms with Crippen molar-refractivity contribution in [2.24, 2.45) is 4.99 Å². The molecule has 0 bridgehead atoms. The van der Waals surface area contributed by atoms with Gasteiger partial charge in [-0.15, -0.1) is 0 Å². The molecular formula is C20H28N6O. The molecule has 7 nitrogen and oxygen atoms in total. The van der Waals surface area contributed by atoms with E-state index in [1.807, 2.05) is 13.1 Å². The zero-order valence-electron chi connectivity index (χ0n) is 16.4. The van der Waals surface area contributed by atoms with Gasteiger partial charge in [0.2, 0.25) is 5.95 Å². The Hall–Kier alpha value is -2.83. The molecule has 27 heavy (non-hydrogen) atoms. The van der Waals surface area contributed by atoms with Crippen molar-refractivity contribution in [1.82, 2.24) is 20.2 Å². The van der Waals surface area contributed by atoms with Crippen LogP contribution in [0.2, 0.25) is 0 Å². The lowest BCUT2D eigenvalue weighted by atomic mass is 10.1. The number of hydrogen-bond acceptors (Lipinski definition) is 5. The molecule has 0 amide bonds. The molecule has 0 aliphatic carbocycles. The first-order valence-corrected chi connectivity index (χ1v) is 9.32. The minimum atomic E-state index is 0.799. The smallest absolute Gasteiger partial charge is 0.225 e. The Morgan fingerprint density at radius 3 is 2.59 bits per heavy atom. The molecule has 3 rings (SSSR count). The lowest BCUT2D eigenvalue weighted by Crippen LogP contribution is -2.53. The molecule has 0 unspecified atom stereocenters. The summed E-state index contributed by atoms with van der Waals surface area (Å²) in [4.78, 5) is 17.6. The fraction of sp³-hybridized carbons (Fsp3) is 0.450. The average Bonchev–Trinajstić information content (AvgIpc) is 2.73. The van der Waals surface area contributed by atoms with Crippen LogP contribution in [0.1, 0.15) is 11.1 Å². The van der Waals surface area contributed by atoms with Crippen molar-refractivity contribution in [3.63, 3.8) is 0 Å². The maximum atomic E-state index is 5.41. The molecule has 0 atom stereocenters. The van der Waals surface area contributed by atoms with Crippen LogP contribution in [-0.4, -0.2) is 67.7 Å². The summed E-state index contributed by atoms with van der Waals surface area (Å²) in [6.45, 7) is 6.47. The molecule has 2 heterocycles. The van der Waals surface area contributed by atoms with E-state index in [2.05, 4.69) is 55.2 Å². The number of aryl methyl sites for hydroxylation is 1. The molecule has 0 saturated carbocycles. The SMILES string of the molecule is CN=C(NCCc1ccc(C)c(OC)c1)N1CCN(c2ncccn2)CC1. The molecule has 1 aliphatic rings. The summed E-state index contributed by atoms with van der Waals surface area (Å²) in [6.07, 6.45) is 4.50. The highest BCUT2D eigenvalue weighted by molar-refractivity contribution is 5.80. The maximum Gasteiger partial charge on any atom is 0.225 e. The van der Waals surface area contributed by atoms with E-state index in [1.54, 1.807) is 19.5 Å². The Labute approximate surface area is 161 Å². The Balaban J connectivity index is 1.49. The minimum Gasteiger partial charge on any atom is -0.496 e. The van der Waals surface area contributed by atoms with E-state index in [1.165, 1.54) is 5.56 Å². The van der Waals surface area contributed by atoms with Crippen molar-refractivity contribution >= 4 is 11.9 Å². The molecule has 1 aromatic heterocycles. The Morgan fingerprint density at radius 2 is 1.93 bits per heavy atom. The van der Waals surface area contributed by atoms with Gasteiger partial charge < -0.3 is 19.9 Å². The Morgan fingerprint density at radius 1 is 1.19 bits per heavy atom. The normalized spacial score (nSPS) is 15.0. The van der Waals surface area contributed by atoms with Gasteiger partial charge in [-0.05, 0) is 36.6 Å². The number of nitrogens with one attached hydrogen (secondary N) is 1. The molecule has 1 N–H and O–H groups in total. The largest absolute Gasteiger partial charge is 0.496 e. The third-order valence-corrected chi connectivity index (χ3v) is 4.80. The quantitative estimate of drug-likeness (QED) is 0.641. The van der Waals surface area contributed by atoms with Crippen molar-refractivity contribution in [1.29, 1.82) is 0 Å². The van der Waals surface area contributed by atoms with Crippen LogP contribution >= 0.6 is 0 Å². The number of benzene rings is 1. The second kappa shape index (κ2) is 9.21. The number of aliphatic imine (C=N–C) groups is 1. The maximum absolute atomic E-state index is 5.41. The number of rotatable bonds is 5. The first-order chi connectivity index (χ1) is 13.2. The number of ether oxygens (including phenoxy) is 1. The van der Waals surface area contributed by atoms with Crippen LogP contribution < -0.4 is 15.0 Å². The van der Waals surface area contributed by atoms with Crippen molar-refractivity contribution in [3.8, 4) is 5.75 Å². The zero-order chi connectivity index (χ0) is 19.1. The summed E-state index contributed by atoms with van der Waals surface area (Å²) in [5.74, 6) is 2.69. The van der Waals surface area contributed by atoms with Gasteiger partial charge in [0, 0.05) is 52.2 Å². The standard InChI is InChI=1S/C20H28N6O/c1-16-5-6-17(15-18(16)27-3)7-10-24-19(21-2)25-11-13-26(14-12-25)20-22-8-4-9-23-20/h4-6,8-9,15H,7,10-14H2,1-3H3,(H,21,24). The van der Waals surface area contributed by atoms with E-state index in [0.29, 0.717) is 0 Å². The summed E-state index contributed by atoms with van der Waals surface area (Å²) in [5.41, 5.74) is 2.41. The Kier molecular flexibility index (Phi) is 6.46. The first kappa shape index (κ1) is 18.9. The van der Waals surface area contributed by atoms with Gasteiger partial charge in [-0.2, -0.15) is 0 Å². The molecule has 1 fully saturated rings. The molecule has 7 heteroatoms. The summed E-state index contributed by atoms with van der Waals surface area (Å²) in [6, 6.07) is 8.21. The van der Waals surface area contributed by atoms with Crippen molar-refractivity contribution in [3.05, 3.63) is 47.8 Å². The van der Waals surface area contributed by atoms with Crippen LogP contribution in [0.15, 0.2) is 41.7 Å². The fourth-order valence-corrected chi connectivity index (χ4v) is 3.24. The van der Waals surface area contributed by atoms with Crippen molar-refractivity contribution in [2.75, 3.05) is 51.8 Å². The first-order valence-electron chi connectivity index (χ1n) is 9.32. The van der Waals surface area contributed by atoms with Gasteiger partial charge in [-0.25, -0.2) is 9.97 Å². The van der Waals surface area contributed by atoms with Gasteiger partial charge >= 0.3 is 0 Å². The van der Waals surface area contributed by atoms with Gasteiger partial charge in [0.15, 0.2) is 5.96 Å². The van der Waals surface area contributed by atoms with Crippen LogP contribution in [0.3, 0.4) is 0 Å². The van der Waals surface area contributed by atoms with Crippen LogP contribution in [0.25, 0.3) is 0 Å². The lowest BCUT2D eigenvalue weighted by Gasteiger charge is -2.36.